The highest BCUT2D eigenvalue weighted by Gasteiger charge is 2.22. The summed E-state index contributed by atoms with van der Waals surface area (Å²) in [4.78, 5) is 24.2. The Morgan fingerprint density at radius 1 is 0.913 bits per heavy atom. The second-order valence-corrected chi connectivity index (χ2v) is 5.84. The van der Waals surface area contributed by atoms with Gasteiger partial charge in [-0.05, 0) is 17.2 Å². The van der Waals surface area contributed by atoms with Crippen molar-refractivity contribution in [1.82, 2.24) is 0 Å². The molecule has 0 atom stereocenters. The van der Waals surface area contributed by atoms with Gasteiger partial charge in [0, 0.05) is 5.41 Å². The minimum absolute atomic E-state index is 0.207. The van der Waals surface area contributed by atoms with Crippen LogP contribution >= 0.6 is 0 Å². The minimum atomic E-state index is -0.446. The highest BCUT2D eigenvalue weighted by molar-refractivity contribution is 6.06. The molecule has 1 aromatic rings. The molecule has 1 aliphatic carbocycles. The fraction of sp³-hybridized carbons (Fsp3) is 0.263. The zero-order valence-corrected chi connectivity index (χ0v) is 13.8. The third-order valence-electron chi connectivity index (χ3n) is 3.68. The molecule has 0 aromatic heterocycles. The largest absolute Gasteiger partial charge is 0.465 e. The van der Waals surface area contributed by atoms with Crippen molar-refractivity contribution in [2.24, 2.45) is 5.41 Å². The van der Waals surface area contributed by atoms with E-state index in [2.05, 4.69) is 0 Å². The molecule has 4 heteroatoms. The van der Waals surface area contributed by atoms with Gasteiger partial charge in [0.05, 0.1) is 25.4 Å². The van der Waals surface area contributed by atoms with Crippen molar-refractivity contribution in [3.63, 3.8) is 0 Å². The molecule has 0 saturated carbocycles. The van der Waals surface area contributed by atoms with Crippen LogP contribution in [-0.4, -0.2) is 26.2 Å². The molecule has 0 unspecified atom stereocenters. The van der Waals surface area contributed by atoms with Crippen molar-refractivity contribution in [1.29, 1.82) is 0 Å². The maximum atomic E-state index is 12.2. The lowest BCUT2D eigenvalue weighted by atomic mass is 9.92. The lowest BCUT2D eigenvalue weighted by Crippen LogP contribution is -2.09. The Morgan fingerprint density at radius 3 is 2.17 bits per heavy atom. The molecule has 0 radical (unpaired) electrons. The van der Waals surface area contributed by atoms with Gasteiger partial charge in [0.1, 0.15) is 0 Å². The van der Waals surface area contributed by atoms with Crippen LogP contribution in [0.15, 0.2) is 54.1 Å². The summed E-state index contributed by atoms with van der Waals surface area (Å²) in [6.45, 7) is 4.06. The fourth-order valence-electron chi connectivity index (χ4n) is 2.36. The molecular formula is C19H20O4. The summed E-state index contributed by atoms with van der Waals surface area (Å²) in [5.41, 5.74) is 1.88. The van der Waals surface area contributed by atoms with Crippen molar-refractivity contribution in [3.05, 3.63) is 65.3 Å². The number of hydrogen-bond acceptors (Lipinski definition) is 4. The number of carbonyl (C=O) groups is 2. The van der Waals surface area contributed by atoms with Gasteiger partial charge in [-0.2, -0.15) is 0 Å². The molecule has 0 bridgehead atoms. The van der Waals surface area contributed by atoms with E-state index in [9.17, 15) is 9.59 Å². The number of benzene rings is 1. The van der Waals surface area contributed by atoms with Gasteiger partial charge in [-0.15, -0.1) is 0 Å². The first-order valence-electron chi connectivity index (χ1n) is 7.28. The van der Waals surface area contributed by atoms with Crippen LogP contribution < -0.4 is 0 Å². The van der Waals surface area contributed by atoms with Gasteiger partial charge in [0.2, 0.25) is 0 Å². The van der Waals surface area contributed by atoms with Crippen molar-refractivity contribution in [2.45, 2.75) is 13.8 Å². The van der Waals surface area contributed by atoms with Crippen molar-refractivity contribution < 1.29 is 19.1 Å². The Bertz CT molecular complexity index is 721. The minimum Gasteiger partial charge on any atom is -0.465 e. The van der Waals surface area contributed by atoms with Crippen LogP contribution in [0.4, 0.5) is 0 Å². The monoisotopic (exact) mass is 312 g/mol. The number of esters is 2. The lowest BCUT2D eigenvalue weighted by molar-refractivity contribution is -0.135. The number of rotatable bonds is 3. The second kappa shape index (κ2) is 6.65. The first-order chi connectivity index (χ1) is 10.9. The highest BCUT2D eigenvalue weighted by Crippen LogP contribution is 2.32. The molecule has 2 rings (SSSR count). The van der Waals surface area contributed by atoms with Crippen molar-refractivity contribution >= 4 is 17.5 Å². The fourth-order valence-corrected chi connectivity index (χ4v) is 2.36. The molecule has 0 spiro atoms. The third kappa shape index (κ3) is 3.59. The van der Waals surface area contributed by atoms with Gasteiger partial charge in [-0.1, -0.05) is 56.4 Å². The molecule has 0 saturated heterocycles. The average molecular weight is 312 g/mol. The van der Waals surface area contributed by atoms with Crippen LogP contribution in [0.5, 0.6) is 0 Å². The maximum absolute atomic E-state index is 12.2. The van der Waals surface area contributed by atoms with Crippen LogP contribution in [0, 0.1) is 5.41 Å². The summed E-state index contributed by atoms with van der Waals surface area (Å²) in [7, 11) is 2.67. The van der Waals surface area contributed by atoms with Crippen LogP contribution in [0.3, 0.4) is 0 Å². The smallest absolute Gasteiger partial charge is 0.338 e. The maximum Gasteiger partial charge on any atom is 0.338 e. The number of ether oxygens (including phenoxy) is 2. The second-order valence-electron chi connectivity index (χ2n) is 5.84. The zero-order valence-electron chi connectivity index (χ0n) is 13.8. The van der Waals surface area contributed by atoms with Crippen LogP contribution in [0.2, 0.25) is 0 Å². The Labute approximate surface area is 136 Å². The number of carbonyl (C=O) groups excluding carboxylic acids is 2. The SMILES string of the molecule is COC(=O)C1=C(c2ccccc2C(=O)OC)C=CC(C)(C)C=C1. The molecule has 0 fully saturated rings. The summed E-state index contributed by atoms with van der Waals surface area (Å²) >= 11 is 0. The van der Waals surface area contributed by atoms with E-state index in [4.69, 9.17) is 9.47 Å². The van der Waals surface area contributed by atoms with Gasteiger partial charge >= 0.3 is 11.9 Å². The van der Waals surface area contributed by atoms with Gasteiger partial charge in [0.25, 0.3) is 0 Å². The van der Waals surface area contributed by atoms with Gasteiger partial charge < -0.3 is 9.47 Å². The molecule has 0 N–H and O–H groups in total. The van der Waals surface area contributed by atoms with Gasteiger partial charge in [0.15, 0.2) is 0 Å². The Balaban J connectivity index is 2.71. The highest BCUT2D eigenvalue weighted by atomic mass is 16.5. The van der Waals surface area contributed by atoms with Crippen LogP contribution in [0.1, 0.15) is 29.8 Å². The predicted octanol–water partition coefficient (Wildman–Crippen LogP) is 3.55. The Morgan fingerprint density at radius 2 is 1.52 bits per heavy atom. The van der Waals surface area contributed by atoms with Crippen molar-refractivity contribution in [3.8, 4) is 0 Å². The average Bonchev–Trinajstić information content (AvgIpc) is 2.71. The standard InChI is InChI=1S/C19H20O4/c1-19(2)11-9-14(16(10-12-19)18(21)23-4)13-7-5-6-8-15(13)17(20)22-3/h5-12H,1-4H3. The first-order valence-corrected chi connectivity index (χ1v) is 7.28. The third-order valence-corrected chi connectivity index (χ3v) is 3.68. The number of hydrogen-bond donors (Lipinski definition) is 0. The van der Waals surface area contributed by atoms with E-state index >= 15 is 0 Å². The van der Waals surface area contributed by atoms with E-state index < -0.39 is 11.9 Å². The lowest BCUT2D eigenvalue weighted by Gasteiger charge is -2.13. The Kier molecular flexibility index (Phi) is 4.84. The number of methoxy groups -OCH3 is 2. The molecule has 0 amide bonds. The summed E-state index contributed by atoms with van der Waals surface area (Å²) in [5.74, 6) is -0.892. The topological polar surface area (TPSA) is 52.6 Å². The van der Waals surface area contributed by atoms with E-state index in [1.54, 1.807) is 24.3 Å². The van der Waals surface area contributed by atoms with E-state index in [-0.39, 0.29) is 5.41 Å². The molecule has 23 heavy (non-hydrogen) atoms. The van der Waals surface area contributed by atoms with Gasteiger partial charge in [-0.25, -0.2) is 9.59 Å². The predicted molar refractivity (Wildman–Crippen MR) is 88.8 cm³/mol. The van der Waals surface area contributed by atoms with E-state index in [1.807, 2.05) is 38.1 Å². The summed E-state index contributed by atoms with van der Waals surface area (Å²) < 4.78 is 9.74. The molecule has 1 aromatic carbocycles. The van der Waals surface area contributed by atoms with Crippen molar-refractivity contribution in [2.75, 3.05) is 14.2 Å². The molecule has 4 nitrogen and oxygen atoms in total. The zero-order chi connectivity index (χ0) is 17.0. The van der Waals surface area contributed by atoms with Crippen LogP contribution in [0.25, 0.3) is 5.57 Å². The normalized spacial score (nSPS) is 16.0. The molecule has 120 valence electrons. The molecule has 1 aliphatic rings. The molecular weight excluding hydrogens is 292 g/mol. The summed E-state index contributed by atoms with van der Waals surface area (Å²) in [6, 6.07) is 7.04. The first kappa shape index (κ1) is 16.7. The molecule has 0 heterocycles. The summed E-state index contributed by atoms with van der Waals surface area (Å²) in [6.07, 6.45) is 7.52. The van der Waals surface area contributed by atoms with Crippen LogP contribution in [-0.2, 0) is 14.3 Å². The quantitative estimate of drug-likeness (QED) is 0.801. The van der Waals surface area contributed by atoms with E-state index in [1.165, 1.54) is 14.2 Å². The van der Waals surface area contributed by atoms with E-state index in [0.29, 0.717) is 22.3 Å². The molecule has 0 aliphatic heterocycles. The van der Waals surface area contributed by atoms with Gasteiger partial charge in [-0.3, -0.25) is 0 Å². The summed E-state index contributed by atoms with van der Waals surface area (Å²) in [5, 5.41) is 0. The van der Waals surface area contributed by atoms with E-state index in [0.717, 1.165) is 0 Å². The number of allylic oxidation sites excluding steroid dienone is 4. The Hall–Kier alpha value is -2.62.